The minimum Gasteiger partial charge on any atom is -0.478 e. The van der Waals surface area contributed by atoms with Gasteiger partial charge in [0.15, 0.2) is 0 Å². The predicted octanol–water partition coefficient (Wildman–Crippen LogP) is 6.71. The van der Waals surface area contributed by atoms with E-state index >= 15 is 0 Å². The van der Waals surface area contributed by atoms with Crippen LogP contribution in [-0.2, 0) is 0 Å². The third kappa shape index (κ3) is 8.07. The van der Waals surface area contributed by atoms with Crippen molar-refractivity contribution in [2.45, 2.75) is 27.7 Å². The molecule has 8 aromatic rings. The molecule has 0 saturated carbocycles. The zero-order valence-electron chi connectivity index (χ0n) is 33.6. The molecule has 8 rings (SSSR count). The Bertz CT molecular complexity index is 3030. The largest absolute Gasteiger partial charge is 0.478 e. The number of aryl methyl sites for hydroxylation is 4. The molecule has 14 nitrogen and oxygen atoms in total. The summed E-state index contributed by atoms with van der Waals surface area (Å²) in [5, 5.41) is 24.7. The van der Waals surface area contributed by atoms with E-state index in [1.807, 2.05) is 52.0 Å². The van der Waals surface area contributed by atoms with E-state index in [9.17, 15) is 48.6 Å². The molecule has 308 valence electrons. The molecule has 0 bridgehead atoms. The number of carboxylic acid groups (broad SMARTS) is 2. The number of carbonyl (C=O) groups is 4. The lowest BCUT2D eigenvalue weighted by Gasteiger charge is -2.13. The number of aromatic carboxylic acids is 2. The normalized spacial score (nSPS) is 10.9. The van der Waals surface area contributed by atoms with Gasteiger partial charge in [-0.1, -0.05) is 70.8 Å². The highest BCUT2D eigenvalue weighted by Crippen LogP contribution is 2.23. The number of rotatable bonds is 8. The van der Waals surface area contributed by atoms with E-state index in [0.29, 0.717) is 22.7 Å². The van der Waals surface area contributed by atoms with E-state index < -0.39 is 57.1 Å². The first-order valence-corrected chi connectivity index (χ1v) is 19.0. The van der Waals surface area contributed by atoms with Gasteiger partial charge in [0.2, 0.25) is 0 Å². The van der Waals surface area contributed by atoms with Gasteiger partial charge in [-0.3, -0.25) is 28.8 Å². The second-order valence-electron chi connectivity index (χ2n) is 14.7. The molecule has 0 spiro atoms. The van der Waals surface area contributed by atoms with Crippen LogP contribution in [0.3, 0.4) is 0 Å². The fourth-order valence-corrected chi connectivity index (χ4v) is 6.83. The molecule has 6 aromatic carbocycles. The number of anilines is 2. The molecule has 0 atom stereocenters. The maximum absolute atomic E-state index is 13.0. The number of fused-ring (bicyclic) bond motifs is 2. The van der Waals surface area contributed by atoms with Gasteiger partial charge in [-0.15, -0.1) is 0 Å². The van der Waals surface area contributed by atoms with Crippen molar-refractivity contribution in [1.82, 2.24) is 9.13 Å². The third-order valence-corrected chi connectivity index (χ3v) is 10.2. The van der Waals surface area contributed by atoms with Gasteiger partial charge in [-0.05, 0) is 100 Å². The van der Waals surface area contributed by atoms with E-state index in [1.54, 1.807) is 72.8 Å². The van der Waals surface area contributed by atoms with E-state index in [-0.39, 0.29) is 32.7 Å². The van der Waals surface area contributed by atoms with Gasteiger partial charge in [0, 0.05) is 11.4 Å². The lowest BCUT2D eigenvalue weighted by Crippen LogP contribution is -2.24. The number of aromatic nitrogens is 2. The lowest BCUT2D eigenvalue weighted by molar-refractivity contribution is 0.0690. The molecule has 14 heteroatoms. The molecule has 62 heavy (non-hydrogen) atoms. The van der Waals surface area contributed by atoms with Gasteiger partial charge in [0.25, 0.3) is 34.1 Å². The summed E-state index contributed by atoms with van der Waals surface area (Å²) in [6.45, 7) is 7.57. The van der Waals surface area contributed by atoms with Crippen molar-refractivity contribution >= 4 is 56.7 Å². The van der Waals surface area contributed by atoms with Crippen molar-refractivity contribution in [1.29, 1.82) is 0 Å². The summed E-state index contributed by atoms with van der Waals surface area (Å²) in [6, 6.07) is 32.2. The number of nitrogens with one attached hydrogen (secondary N) is 2. The van der Waals surface area contributed by atoms with Crippen molar-refractivity contribution in [3.8, 4) is 11.4 Å². The van der Waals surface area contributed by atoms with Crippen LogP contribution in [0.15, 0.2) is 141 Å². The Labute approximate surface area is 351 Å². The topological polar surface area (TPSA) is 211 Å². The Hall–Kier alpha value is -8.52. The maximum Gasteiger partial charge on any atom is 0.336 e. The van der Waals surface area contributed by atoms with Crippen molar-refractivity contribution in [3.63, 3.8) is 0 Å². The van der Waals surface area contributed by atoms with Gasteiger partial charge in [-0.25, -0.2) is 18.7 Å². The summed E-state index contributed by atoms with van der Waals surface area (Å²) in [7, 11) is 0. The number of carbonyl (C=O) groups excluding carboxylic acids is 2. The zero-order chi connectivity index (χ0) is 44.6. The number of nitrogens with zero attached hydrogens (tertiary/aromatic N) is 2. The van der Waals surface area contributed by atoms with Crippen LogP contribution in [-0.4, -0.2) is 43.1 Å². The van der Waals surface area contributed by atoms with Gasteiger partial charge in [0.1, 0.15) is 0 Å². The number of amides is 2. The first kappa shape index (κ1) is 41.6. The van der Waals surface area contributed by atoms with E-state index in [2.05, 4.69) is 10.6 Å². The third-order valence-electron chi connectivity index (χ3n) is 10.2. The quantitative estimate of drug-likeness (QED) is 0.127. The summed E-state index contributed by atoms with van der Waals surface area (Å²) in [5.41, 5.74) is 1.94. The molecule has 0 unspecified atom stereocenters. The number of benzene rings is 6. The molecular weight excluding hydrogens is 793 g/mol. The highest BCUT2D eigenvalue weighted by molar-refractivity contribution is 6.17. The van der Waals surface area contributed by atoms with Gasteiger partial charge >= 0.3 is 11.9 Å². The maximum atomic E-state index is 13.0. The molecule has 0 fully saturated rings. The van der Waals surface area contributed by atoms with Crippen LogP contribution in [0.5, 0.6) is 0 Å². The average molecular weight is 829 g/mol. The Morgan fingerprint density at radius 1 is 0.387 bits per heavy atom. The smallest absolute Gasteiger partial charge is 0.336 e. The molecule has 0 aliphatic rings. The second-order valence-corrected chi connectivity index (χ2v) is 14.7. The molecule has 0 aliphatic carbocycles. The molecular formula is C48H36N4O10. The van der Waals surface area contributed by atoms with E-state index in [1.165, 1.54) is 12.1 Å². The van der Waals surface area contributed by atoms with Crippen LogP contribution in [0.2, 0.25) is 0 Å². The molecule has 2 heterocycles. The van der Waals surface area contributed by atoms with Gasteiger partial charge < -0.3 is 20.8 Å². The fraction of sp³-hybridized carbons (Fsp3) is 0.0833. The molecule has 0 aliphatic heterocycles. The van der Waals surface area contributed by atoms with Crippen LogP contribution in [0.1, 0.15) is 63.7 Å². The highest BCUT2D eigenvalue weighted by Gasteiger charge is 2.26. The Kier molecular flexibility index (Phi) is 11.2. The highest BCUT2D eigenvalue weighted by atomic mass is 16.4. The summed E-state index contributed by atoms with van der Waals surface area (Å²) in [5.74, 6) is -4.56. The van der Waals surface area contributed by atoms with E-state index in [4.69, 9.17) is 0 Å². The summed E-state index contributed by atoms with van der Waals surface area (Å²) < 4.78 is 2.15. The van der Waals surface area contributed by atoms with Gasteiger partial charge in [0.05, 0.1) is 55.2 Å². The zero-order valence-corrected chi connectivity index (χ0v) is 33.6. The first-order chi connectivity index (χ1) is 29.5. The van der Waals surface area contributed by atoms with Crippen molar-refractivity contribution in [2.24, 2.45) is 0 Å². The molecule has 2 aromatic heterocycles. The molecule has 0 saturated heterocycles. The summed E-state index contributed by atoms with van der Waals surface area (Å²) in [4.78, 5) is 101. The monoisotopic (exact) mass is 828 g/mol. The number of hydrogen-bond donors (Lipinski definition) is 4. The van der Waals surface area contributed by atoms with Crippen molar-refractivity contribution in [3.05, 3.63) is 207 Å². The van der Waals surface area contributed by atoms with Crippen LogP contribution in [0, 0.1) is 27.7 Å². The molecule has 0 radical (unpaired) electrons. The van der Waals surface area contributed by atoms with Crippen LogP contribution in [0.4, 0.5) is 11.4 Å². The SMILES string of the molecule is Cc1ccc(-n2c(=O)c3cc4c(=O)n(-c5ccc(C)cc5)c(=O)c4cc3c2=O)cc1.Cc1ccc(NC(=O)c2cc(C(=O)Nc3ccc(C)cc3)c(C(=O)O)cc2C(=O)O)cc1. The first-order valence-electron chi connectivity index (χ1n) is 19.0. The standard InChI is InChI=1S/C24H20N2O6.C24H16N2O4/c1-13-3-7-15(8-4-13)25-21(27)17-11-18(20(24(31)32)12-19(17)23(29)30)22(28)26-16-9-5-14(2)6-10-16;1-13-3-7-15(8-4-13)25-21(27)17-11-19-20(12-18(17)22(25)28)24(30)26(23(19)29)16-9-5-14(2)6-10-16/h3-12H,1-2H3,(H,25,27)(H,26,28)(H,29,30)(H,31,32);3-12H,1-2H3. The second kappa shape index (κ2) is 16.6. The Balaban J connectivity index is 0.000000187. The number of hydrogen-bond acceptors (Lipinski definition) is 8. The Morgan fingerprint density at radius 3 is 0.919 bits per heavy atom. The van der Waals surface area contributed by atoms with Crippen LogP contribution < -0.4 is 32.9 Å². The average Bonchev–Trinajstić information content (AvgIpc) is 3.64. The van der Waals surface area contributed by atoms with Crippen LogP contribution >= 0.6 is 0 Å². The van der Waals surface area contributed by atoms with Crippen molar-refractivity contribution in [2.75, 3.05) is 10.6 Å². The lowest BCUT2D eigenvalue weighted by atomic mass is 9.96. The molecule has 4 N–H and O–H groups in total. The minimum atomic E-state index is -1.49. The van der Waals surface area contributed by atoms with Crippen molar-refractivity contribution < 1.29 is 29.4 Å². The summed E-state index contributed by atoms with van der Waals surface area (Å²) >= 11 is 0. The van der Waals surface area contributed by atoms with E-state index in [0.717, 1.165) is 43.5 Å². The van der Waals surface area contributed by atoms with Crippen LogP contribution in [0.25, 0.3) is 32.9 Å². The molecule has 2 amide bonds. The Morgan fingerprint density at radius 2 is 0.645 bits per heavy atom. The predicted molar refractivity (Wildman–Crippen MR) is 236 cm³/mol. The van der Waals surface area contributed by atoms with Gasteiger partial charge in [-0.2, -0.15) is 0 Å². The minimum absolute atomic E-state index is 0.131. The summed E-state index contributed by atoms with van der Waals surface area (Å²) in [6.07, 6.45) is 0. The number of carboxylic acids is 2. The fourth-order valence-electron chi connectivity index (χ4n) is 6.83.